The number of carbonyl (C=O) groups excluding carboxylic acids is 2. The van der Waals surface area contributed by atoms with Crippen molar-refractivity contribution in [1.29, 1.82) is 5.26 Å². The molecule has 0 atom stereocenters. The zero-order valence-corrected chi connectivity index (χ0v) is 12.1. The summed E-state index contributed by atoms with van der Waals surface area (Å²) in [4.78, 5) is 23.3. The van der Waals surface area contributed by atoms with Crippen LogP contribution in [0.5, 0.6) is 0 Å². The Labute approximate surface area is 132 Å². The number of benzene rings is 2. The molecule has 0 aliphatic rings. The zero-order valence-electron chi connectivity index (χ0n) is 12.1. The predicted molar refractivity (Wildman–Crippen MR) is 79.7 cm³/mol. The highest BCUT2D eigenvalue weighted by molar-refractivity contribution is 5.95. The minimum Gasteiger partial charge on any atom is -0.460 e. The molecule has 0 radical (unpaired) electrons. The number of amides is 1. The number of hydrogen-bond acceptors (Lipinski definition) is 4. The third-order valence-corrected chi connectivity index (χ3v) is 2.96. The van der Waals surface area contributed by atoms with Crippen molar-refractivity contribution in [2.75, 3.05) is 6.54 Å². The van der Waals surface area contributed by atoms with E-state index in [1.165, 1.54) is 18.2 Å². The summed E-state index contributed by atoms with van der Waals surface area (Å²) >= 11 is 0. The van der Waals surface area contributed by atoms with Crippen LogP contribution in [0.15, 0.2) is 48.5 Å². The Kier molecular flexibility index (Phi) is 5.42. The lowest BCUT2D eigenvalue weighted by atomic mass is 10.2. The third kappa shape index (κ3) is 4.93. The Bertz CT molecular complexity index is 751. The van der Waals surface area contributed by atoms with Crippen LogP contribution in [0.2, 0.25) is 0 Å². The molecule has 0 bridgehead atoms. The van der Waals surface area contributed by atoms with Gasteiger partial charge in [-0.15, -0.1) is 0 Å². The van der Waals surface area contributed by atoms with E-state index in [4.69, 9.17) is 10.00 Å². The molecule has 0 saturated carbocycles. The molecule has 0 fully saturated rings. The van der Waals surface area contributed by atoms with Gasteiger partial charge in [0.2, 0.25) is 0 Å². The fourth-order valence-corrected chi connectivity index (χ4v) is 1.77. The highest BCUT2D eigenvalue weighted by Crippen LogP contribution is 2.05. The average Bonchev–Trinajstić information content (AvgIpc) is 2.58. The van der Waals surface area contributed by atoms with Gasteiger partial charge < -0.3 is 10.1 Å². The first-order valence-electron chi connectivity index (χ1n) is 6.77. The van der Waals surface area contributed by atoms with E-state index >= 15 is 0 Å². The van der Waals surface area contributed by atoms with E-state index in [9.17, 15) is 14.0 Å². The Balaban J connectivity index is 1.78. The smallest absolute Gasteiger partial charge is 0.325 e. The maximum atomic E-state index is 13.0. The minimum atomic E-state index is -0.612. The summed E-state index contributed by atoms with van der Waals surface area (Å²) in [6.07, 6.45) is 0. The lowest BCUT2D eigenvalue weighted by Crippen LogP contribution is -2.30. The van der Waals surface area contributed by atoms with Gasteiger partial charge in [0.15, 0.2) is 0 Å². The van der Waals surface area contributed by atoms with Gasteiger partial charge in [-0.2, -0.15) is 5.26 Å². The molecule has 0 aliphatic carbocycles. The van der Waals surface area contributed by atoms with E-state index in [0.29, 0.717) is 5.56 Å². The molecule has 6 heteroatoms. The number of esters is 1. The summed E-state index contributed by atoms with van der Waals surface area (Å²) in [5.41, 5.74) is 1.38. The van der Waals surface area contributed by atoms with Crippen molar-refractivity contribution in [2.24, 2.45) is 0 Å². The van der Waals surface area contributed by atoms with Gasteiger partial charge in [0.05, 0.1) is 11.6 Å². The summed E-state index contributed by atoms with van der Waals surface area (Å²) in [5.74, 6) is -1.69. The van der Waals surface area contributed by atoms with Gasteiger partial charge in [-0.1, -0.05) is 18.2 Å². The van der Waals surface area contributed by atoms with E-state index in [2.05, 4.69) is 5.32 Å². The predicted octanol–water partition coefficient (Wildman–Crippen LogP) is 2.17. The van der Waals surface area contributed by atoms with Crippen molar-refractivity contribution >= 4 is 11.9 Å². The molecule has 0 saturated heterocycles. The molecule has 0 unspecified atom stereocenters. The summed E-state index contributed by atoms with van der Waals surface area (Å²) in [6.45, 7) is -0.272. The van der Waals surface area contributed by atoms with Crippen LogP contribution < -0.4 is 5.32 Å². The van der Waals surface area contributed by atoms with Crippen molar-refractivity contribution < 1.29 is 18.7 Å². The van der Waals surface area contributed by atoms with Crippen LogP contribution in [0.4, 0.5) is 4.39 Å². The molecule has 116 valence electrons. The lowest BCUT2D eigenvalue weighted by molar-refractivity contribution is -0.143. The molecule has 5 nitrogen and oxygen atoms in total. The van der Waals surface area contributed by atoms with Crippen LogP contribution in [0, 0.1) is 17.1 Å². The number of rotatable bonds is 5. The molecule has 2 aromatic rings. The standard InChI is InChI=1S/C17H13FN2O3/c18-15-3-1-2-14(8-15)17(22)20-10-16(21)23-11-13-6-4-12(9-19)5-7-13/h1-8H,10-11H2,(H,20,22). The largest absolute Gasteiger partial charge is 0.460 e. The molecule has 0 aromatic heterocycles. The first-order valence-corrected chi connectivity index (χ1v) is 6.77. The minimum absolute atomic E-state index is 0.0420. The van der Waals surface area contributed by atoms with Crippen molar-refractivity contribution in [2.45, 2.75) is 6.61 Å². The monoisotopic (exact) mass is 312 g/mol. The summed E-state index contributed by atoms with van der Waals surface area (Å²) in [6, 6.07) is 13.7. The maximum Gasteiger partial charge on any atom is 0.325 e. The van der Waals surface area contributed by atoms with Gasteiger partial charge in [-0.25, -0.2) is 4.39 Å². The second-order valence-corrected chi connectivity index (χ2v) is 4.66. The fraction of sp³-hybridized carbons (Fsp3) is 0.118. The van der Waals surface area contributed by atoms with Crippen LogP contribution in [0.25, 0.3) is 0 Å². The zero-order chi connectivity index (χ0) is 16.7. The highest BCUT2D eigenvalue weighted by Gasteiger charge is 2.09. The van der Waals surface area contributed by atoms with Crippen LogP contribution in [-0.2, 0) is 16.1 Å². The summed E-state index contributed by atoms with van der Waals surface area (Å²) < 4.78 is 18.0. The normalized spacial score (nSPS) is 9.74. The van der Waals surface area contributed by atoms with Gasteiger partial charge in [0, 0.05) is 5.56 Å². The van der Waals surface area contributed by atoms with Crippen molar-refractivity contribution in [3.63, 3.8) is 0 Å². The van der Waals surface area contributed by atoms with Crippen molar-refractivity contribution in [3.05, 3.63) is 71.0 Å². The van der Waals surface area contributed by atoms with Gasteiger partial charge in [0.1, 0.15) is 19.0 Å². The summed E-state index contributed by atoms with van der Waals surface area (Å²) in [7, 11) is 0. The van der Waals surface area contributed by atoms with E-state index in [-0.39, 0.29) is 18.7 Å². The fourth-order valence-electron chi connectivity index (χ4n) is 1.77. The van der Waals surface area contributed by atoms with Crippen molar-refractivity contribution in [3.8, 4) is 6.07 Å². The first kappa shape index (κ1) is 16.2. The molecule has 2 aromatic carbocycles. The number of halogens is 1. The van der Waals surface area contributed by atoms with Gasteiger partial charge >= 0.3 is 5.97 Å². The van der Waals surface area contributed by atoms with Crippen molar-refractivity contribution in [1.82, 2.24) is 5.32 Å². The Morgan fingerprint density at radius 1 is 1.17 bits per heavy atom. The number of carbonyl (C=O) groups is 2. The maximum absolute atomic E-state index is 13.0. The molecule has 0 aliphatic heterocycles. The molecule has 1 amide bonds. The highest BCUT2D eigenvalue weighted by atomic mass is 19.1. The Morgan fingerprint density at radius 3 is 2.57 bits per heavy atom. The lowest BCUT2D eigenvalue weighted by Gasteiger charge is -2.07. The molecule has 2 rings (SSSR count). The summed E-state index contributed by atoms with van der Waals surface area (Å²) in [5, 5.41) is 11.0. The van der Waals surface area contributed by atoms with Crippen LogP contribution >= 0.6 is 0 Å². The van der Waals surface area contributed by atoms with Crippen LogP contribution in [-0.4, -0.2) is 18.4 Å². The molecule has 0 heterocycles. The molecule has 0 spiro atoms. The molecular weight excluding hydrogens is 299 g/mol. The van der Waals surface area contributed by atoms with Crippen LogP contribution in [0.1, 0.15) is 21.5 Å². The number of nitriles is 1. The van der Waals surface area contributed by atoms with Gasteiger partial charge in [0.25, 0.3) is 5.91 Å². The Hall–Kier alpha value is -3.20. The number of nitrogens with zero attached hydrogens (tertiary/aromatic N) is 1. The van der Waals surface area contributed by atoms with E-state index in [1.54, 1.807) is 24.3 Å². The molecule has 23 heavy (non-hydrogen) atoms. The van der Waals surface area contributed by atoms with Gasteiger partial charge in [-0.3, -0.25) is 9.59 Å². The number of hydrogen-bond donors (Lipinski definition) is 1. The van der Waals surface area contributed by atoms with Crippen LogP contribution in [0.3, 0.4) is 0 Å². The van der Waals surface area contributed by atoms with Gasteiger partial charge in [-0.05, 0) is 35.9 Å². The Morgan fingerprint density at radius 2 is 1.91 bits per heavy atom. The molecular formula is C17H13FN2O3. The second-order valence-electron chi connectivity index (χ2n) is 4.66. The van der Waals surface area contributed by atoms with E-state index in [0.717, 1.165) is 11.6 Å². The number of nitrogens with one attached hydrogen (secondary N) is 1. The first-order chi connectivity index (χ1) is 11.1. The second kappa shape index (κ2) is 7.71. The SMILES string of the molecule is N#Cc1ccc(COC(=O)CNC(=O)c2cccc(F)c2)cc1. The van der Waals surface area contributed by atoms with E-state index in [1.807, 2.05) is 6.07 Å². The quantitative estimate of drug-likeness (QED) is 0.858. The third-order valence-electron chi connectivity index (χ3n) is 2.96. The average molecular weight is 312 g/mol. The number of ether oxygens (including phenoxy) is 1. The molecule has 1 N–H and O–H groups in total. The topological polar surface area (TPSA) is 79.2 Å². The van der Waals surface area contributed by atoms with E-state index < -0.39 is 17.7 Å².